The van der Waals surface area contributed by atoms with Crippen LogP contribution in [0.1, 0.15) is 32.1 Å². The number of nitrogens with zero attached hydrogens (tertiary/aromatic N) is 2. The molecule has 0 saturated carbocycles. The first-order valence-electron chi connectivity index (χ1n) is 7.16. The van der Waals surface area contributed by atoms with Gasteiger partial charge in [0.15, 0.2) is 0 Å². The summed E-state index contributed by atoms with van der Waals surface area (Å²) in [4.78, 5) is 0. The number of nitrogens with one attached hydrogen (secondary N) is 1. The second-order valence-electron chi connectivity index (χ2n) is 5.18. The Balaban J connectivity index is 1.71. The van der Waals surface area contributed by atoms with E-state index >= 15 is 0 Å². The molecule has 0 unspecified atom stereocenters. The van der Waals surface area contributed by atoms with Crippen molar-refractivity contribution in [3.63, 3.8) is 0 Å². The van der Waals surface area contributed by atoms with Crippen LogP contribution in [-0.2, 0) is 0 Å². The third-order valence-electron chi connectivity index (χ3n) is 3.77. The largest absolute Gasteiger partial charge is 0.383 e. The van der Waals surface area contributed by atoms with E-state index in [-0.39, 0.29) is 0 Å². The van der Waals surface area contributed by atoms with Gasteiger partial charge in [-0.1, -0.05) is 35.4 Å². The predicted octanol–water partition coefficient (Wildman–Crippen LogP) is 4.59. The lowest BCUT2D eigenvalue weighted by Gasteiger charge is -2.14. The fourth-order valence-corrected chi connectivity index (χ4v) is 2.89. The number of hydrogen-bond acceptors (Lipinski definition) is 3. The van der Waals surface area contributed by atoms with Gasteiger partial charge >= 0.3 is 0 Å². The maximum absolute atomic E-state index is 6.15. The highest BCUT2D eigenvalue weighted by atomic mass is 35.5. The van der Waals surface area contributed by atoms with Gasteiger partial charge in [-0.2, -0.15) is 5.10 Å². The van der Waals surface area contributed by atoms with E-state index in [0.717, 1.165) is 29.6 Å². The molecule has 20 heavy (non-hydrogen) atoms. The van der Waals surface area contributed by atoms with Crippen molar-refractivity contribution >= 4 is 28.2 Å². The van der Waals surface area contributed by atoms with Crippen LogP contribution in [-0.4, -0.2) is 16.7 Å². The Hall–Kier alpha value is -1.61. The summed E-state index contributed by atoms with van der Waals surface area (Å²) in [5, 5.41) is 13.3. The summed E-state index contributed by atoms with van der Waals surface area (Å²) in [5.41, 5.74) is 3.35. The molecule has 0 atom stereocenters. The van der Waals surface area contributed by atoms with Crippen LogP contribution < -0.4 is 5.32 Å². The first-order chi connectivity index (χ1) is 9.84. The first kappa shape index (κ1) is 13.4. The average Bonchev–Trinajstić information content (AvgIpc) is 2.49. The molecule has 0 bridgehead atoms. The lowest BCUT2D eigenvalue weighted by Crippen LogP contribution is -2.05. The van der Waals surface area contributed by atoms with Crippen LogP contribution in [0.2, 0.25) is 5.02 Å². The molecule has 1 N–H and O–H groups in total. The number of aromatic nitrogens is 2. The number of anilines is 1. The molecule has 0 amide bonds. The zero-order valence-corrected chi connectivity index (χ0v) is 12.2. The standard InChI is InChI=1S/C16H18ClN3/c17-14-8-4-7-13-15(11-19-20-16(13)14)18-10-9-12-5-2-1-3-6-12/h4-5,7-8,11H,1-3,6,9-10H2,(H,18,20). The summed E-state index contributed by atoms with van der Waals surface area (Å²) in [5.74, 6) is 0. The number of halogens is 1. The third kappa shape index (κ3) is 2.93. The summed E-state index contributed by atoms with van der Waals surface area (Å²) in [6.07, 6.45) is 10.4. The molecular weight excluding hydrogens is 270 g/mol. The molecule has 1 aliphatic rings. The fraction of sp³-hybridized carbons (Fsp3) is 0.375. The zero-order chi connectivity index (χ0) is 13.8. The van der Waals surface area contributed by atoms with Gasteiger partial charge in [0.2, 0.25) is 0 Å². The molecule has 1 heterocycles. The number of fused-ring (bicyclic) bond motifs is 1. The molecular formula is C16H18ClN3. The van der Waals surface area contributed by atoms with Crippen LogP contribution >= 0.6 is 11.6 Å². The number of rotatable bonds is 4. The molecule has 0 aliphatic heterocycles. The normalized spacial score (nSPS) is 15.2. The van der Waals surface area contributed by atoms with Crippen molar-refractivity contribution in [2.45, 2.75) is 32.1 Å². The van der Waals surface area contributed by atoms with Crippen LogP contribution in [0.4, 0.5) is 5.69 Å². The van der Waals surface area contributed by atoms with Gasteiger partial charge in [0.05, 0.1) is 16.9 Å². The summed E-state index contributed by atoms with van der Waals surface area (Å²) in [6, 6.07) is 5.81. The topological polar surface area (TPSA) is 37.8 Å². The van der Waals surface area contributed by atoms with E-state index in [1.54, 1.807) is 11.8 Å². The second-order valence-corrected chi connectivity index (χ2v) is 5.59. The van der Waals surface area contributed by atoms with Crippen LogP contribution in [0.3, 0.4) is 0 Å². The van der Waals surface area contributed by atoms with Crippen molar-refractivity contribution < 1.29 is 0 Å². The predicted molar refractivity (Wildman–Crippen MR) is 84.2 cm³/mol. The number of allylic oxidation sites excluding steroid dienone is 1. The highest BCUT2D eigenvalue weighted by molar-refractivity contribution is 6.35. The molecule has 3 nitrogen and oxygen atoms in total. The molecule has 0 fully saturated rings. The molecule has 0 radical (unpaired) electrons. The van der Waals surface area contributed by atoms with Crippen molar-refractivity contribution in [3.05, 3.63) is 41.1 Å². The molecule has 3 rings (SSSR count). The van der Waals surface area contributed by atoms with E-state index < -0.39 is 0 Å². The Morgan fingerprint density at radius 2 is 2.20 bits per heavy atom. The van der Waals surface area contributed by atoms with Gasteiger partial charge in [-0.25, -0.2) is 0 Å². The van der Waals surface area contributed by atoms with Crippen LogP contribution in [0.25, 0.3) is 10.9 Å². The summed E-state index contributed by atoms with van der Waals surface area (Å²) >= 11 is 6.15. The molecule has 1 aromatic heterocycles. The van der Waals surface area contributed by atoms with E-state index in [1.807, 2.05) is 18.2 Å². The van der Waals surface area contributed by atoms with Crippen LogP contribution in [0.5, 0.6) is 0 Å². The van der Waals surface area contributed by atoms with Gasteiger partial charge in [-0.05, 0) is 38.2 Å². The van der Waals surface area contributed by atoms with Gasteiger partial charge in [-0.3, -0.25) is 0 Å². The molecule has 4 heteroatoms. The maximum Gasteiger partial charge on any atom is 0.114 e. The lowest BCUT2D eigenvalue weighted by atomic mass is 9.97. The van der Waals surface area contributed by atoms with Crippen molar-refractivity contribution in [2.75, 3.05) is 11.9 Å². The van der Waals surface area contributed by atoms with E-state index in [1.165, 1.54) is 25.7 Å². The minimum atomic E-state index is 0.647. The van der Waals surface area contributed by atoms with Crippen molar-refractivity contribution in [1.82, 2.24) is 10.2 Å². The van der Waals surface area contributed by atoms with E-state index in [4.69, 9.17) is 11.6 Å². The Morgan fingerprint density at radius 3 is 3.05 bits per heavy atom. The minimum absolute atomic E-state index is 0.647. The molecule has 1 aromatic carbocycles. The van der Waals surface area contributed by atoms with Crippen LogP contribution in [0, 0.1) is 0 Å². The Bertz CT molecular complexity index is 637. The van der Waals surface area contributed by atoms with Crippen molar-refractivity contribution in [1.29, 1.82) is 0 Å². The van der Waals surface area contributed by atoms with Gasteiger partial charge in [0, 0.05) is 11.9 Å². The Labute approximate surface area is 124 Å². The zero-order valence-electron chi connectivity index (χ0n) is 11.4. The highest BCUT2D eigenvalue weighted by Crippen LogP contribution is 2.26. The Morgan fingerprint density at radius 1 is 1.25 bits per heavy atom. The second kappa shape index (κ2) is 6.23. The maximum atomic E-state index is 6.15. The number of hydrogen-bond donors (Lipinski definition) is 1. The van der Waals surface area contributed by atoms with Gasteiger partial charge < -0.3 is 5.32 Å². The molecule has 0 spiro atoms. The quantitative estimate of drug-likeness (QED) is 0.836. The van der Waals surface area contributed by atoms with E-state index in [9.17, 15) is 0 Å². The summed E-state index contributed by atoms with van der Waals surface area (Å²) in [6.45, 7) is 0.930. The number of benzene rings is 1. The van der Waals surface area contributed by atoms with Gasteiger partial charge in [0.25, 0.3) is 0 Å². The molecule has 1 aliphatic carbocycles. The van der Waals surface area contributed by atoms with E-state index in [0.29, 0.717) is 5.02 Å². The fourth-order valence-electron chi connectivity index (χ4n) is 2.68. The summed E-state index contributed by atoms with van der Waals surface area (Å²) in [7, 11) is 0. The van der Waals surface area contributed by atoms with Crippen molar-refractivity contribution in [3.8, 4) is 0 Å². The molecule has 0 saturated heterocycles. The smallest absolute Gasteiger partial charge is 0.114 e. The average molecular weight is 288 g/mol. The van der Waals surface area contributed by atoms with E-state index in [2.05, 4.69) is 21.6 Å². The summed E-state index contributed by atoms with van der Waals surface area (Å²) < 4.78 is 0. The highest BCUT2D eigenvalue weighted by Gasteiger charge is 2.07. The monoisotopic (exact) mass is 287 g/mol. The van der Waals surface area contributed by atoms with Crippen molar-refractivity contribution in [2.24, 2.45) is 0 Å². The SMILES string of the molecule is Clc1cccc2c(NCCC3=CCCCC3)cnnc12. The Kier molecular flexibility index (Phi) is 4.16. The third-order valence-corrected chi connectivity index (χ3v) is 4.07. The first-order valence-corrected chi connectivity index (χ1v) is 7.54. The lowest BCUT2D eigenvalue weighted by molar-refractivity contribution is 0.679. The van der Waals surface area contributed by atoms with Gasteiger partial charge in [-0.15, -0.1) is 5.10 Å². The van der Waals surface area contributed by atoms with Gasteiger partial charge in [0.1, 0.15) is 5.52 Å². The minimum Gasteiger partial charge on any atom is -0.383 e. The van der Waals surface area contributed by atoms with Crippen LogP contribution in [0.15, 0.2) is 36.0 Å². The molecule has 104 valence electrons. The molecule has 2 aromatic rings.